The van der Waals surface area contributed by atoms with Crippen molar-refractivity contribution in [3.05, 3.63) is 83.2 Å². The van der Waals surface area contributed by atoms with Crippen molar-refractivity contribution in [2.24, 2.45) is 0 Å². The van der Waals surface area contributed by atoms with Gasteiger partial charge in [-0.1, -0.05) is 0 Å². The van der Waals surface area contributed by atoms with Crippen LogP contribution in [0, 0.1) is 5.82 Å². The molecule has 2 amide bonds. The number of carbonyl (C=O) groups excluding carboxylic acids is 2. The van der Waals surface area contributed by atoms with Gasteiger partial charge >= 0.3 is 0 Å². The van der Waals surface area contributed by atoms with Crippen molar-refractivity contribution < 1.29 is 23.5 Å². The average molecular weight is 432 g/mol. The van der Waals surface area contributed by atoms with Gasteiger partial charge in [0.1, 0.15) is 19.0 Å². The van der Waals surface area contributed by atoms with Crippen LogP contribution in [-0.4, -0.2) is 31.6 Å². The monoisotopic (exact) mass is 432 g/mol. The van der Waals surface area contributed by atoms with Crippen molar-refractivity contribution in [1.29, 1.82) is 0 Å². The lowest BCUT2D eigenvalue weighted by molar-refractivity contribution is 0.0984. The van der Waals surface area contributed by atoms with E-state index < -0.39 is 0 Å². The van der Waals surface area contributed by atoms with Gasteiger partial charge in [-0.2, -0.15) is 0 Å². The fourth-order valence-corrected chi connectivity index (χ4v) is 4.02. The zero-order chi connectivity index (χ0) is 22.1. The maximum absolute atomic E-state index is 13.2. The number of rotatable bonds is 3. The van der Waals surface area contributed by atoms with Crippen LogP contribution in [0.4, 0.5) is 15.8 Å². The van der Waals surface area contributed by atoms with Crippen molar-refractivity contribution in [2.45, 2.75) is 12.8 Å². The first-order valence-corrected chi connectivity index (χ1v) is 10.5. The van der Waals surface area contributed by atoms with Crippen LogP contribution in [0.25, 0.3) is 0 Å². The number of nitrogens with zero attached hydrogens (tertiary/aromatic N) is 1. The zero-order valence-electron chi connectivity index (χ0n) is 17.3. The molecule has 0 aliphatic carbocycles. The topological polar surface area (TPSA) is 67.9 Å². The van der Waals surface area contributed by atoms with E-state index in [2.05, 4.69) is 5.32 Å². The molecule has 2 aliphatic rings. The van der Waals surface area contributed by atoms with E-state index >= 15 is 0 Å². The van der Waals surface area contributed by atoms with E-state index in [1.165, 1.54) is 24.3 Å². The van der Waals surface area contributed by atoms with E-state index in [1.807, 2.05) is 6.07 Å². The highest BCUT2D eigenvalue weighted by Crippen LogP contribution is 2.33. The predicted octanol–water partition coefficient (Wildman–Crippen LogP) is 4.44. The van der Waals surface area contributed by atoms with E-state index in [0.717, 1.165) is 24.1 Å². The molecule has 0 aromatic heterocycles. The van der Waals surface area contributed by atoms with Gasteiger partial charge in [-0.25, -0.2) is 4.39 Å². The molecular formula is C25H21FN2O4. The summed E-state index contributed by atoms with van der Waals surface area (Å²) in [5.74, 6) is 0.462. The lowest BCUT2D eigenvalue weighted by atomic mass is 9.98. The summed E-state index contributed by atoms with van der Waals surface area (Å²) in [6.45, 7) is 1.56. The second kappa shape index (κ2) is 8.34. The molecule has 0 spiro atoms. The summed E-state index contributed by atoms with van der Waals surface area (Å²) in [5, 5.41) is 2.89. The van der Waals surface area contributed by atoms with E-state index in [9.17, 15) is 14.0 Å². The highest BCUT2D eigenvalue weighted by atomic mass is 19.1. The number of benzene rings is 3. The Balaban J connectivity index is 1.35. The molecule has 162 valence electrons. The molecule has 32 heavy (non-hydrogen) atoms. The van der Waals surface area contributed by atoms with E-state index in [4.69, 9.17) is 9.47 Å². The number of aryl methyl sites for hydroxylation is 1. The van der Waals surface area contributed by atoms with Gasteiger partial charge in [0.25, 0.3) is 11.8 Å². The number of amides is 2. The third-order valence-corrected chi connectivity index (χ3v) is 5.60. The molecule has 3 aromatic carbocycles. The van der Waals surface area contributed by atoms with Gasteiger partial charge in [0.15, 0.2) is 11.5 Å². The van der Waals surface area contributed by atoms with E-state index in [0.29, 0.717) is 48.1 Å². The van der Waals surface area contributed by atoms with E-state index in [1.54, 1.807) is 35.2 Å². The number of fused-ring (bicyclic) bond motifs is 2. The molecule has 2 heterocycles. The van der Waals surface area contributed by atoms with Gasteiger partial charge in [0.05, 0.1) is 0 Å². The first kappa shape index (κ1) is 20.1. The molecule has 0 radical (unpaired) electrons. The summed E-state index contributed by atoms with van der Waals surface area (Å²) in [6, 6.07) is 16.2. The largest absolute Gasteiger partial charge is 0.486 e. The van der Waals surface area contributed by atoms with Crippen LogP contribution in [-0.2, 0) is 6.42 Å². The Morgan fingerprint density at radius 2 is 1.62 bits per heavy atom. The molecule has 0 bridgehead atoms. The average Bonchev–Trinajstić information content (AvgIpc) is 2.83. The molecule has 0 atom stereocenters. The summed E-state index contributed by atoms with van der Waals surface area (Å²) in [4.78, 5) is 27.5. The van der Waals surface area contributed by atoms with Gasteiger partial charge in [-0.3, -0.25) is 9.59 Å². The molecule has 2 aliphatic heterocycles. The summed E-state index contributed by atoms with van der Waals surface area (Å²) < 4.78 is 24.3. The van der Waals surface area contributed by atoms with Crippen LogP contribution < -0.4 is 19.7 Å². The van der Waals surface area contributed by atoms with Crippen molar-refractivity contribution in [3.8, 4) is 11.5 Å². The standard InChI is InChI=1S/C25H21FN2O4/c26-19-6-3-16(4-7-19)25(30)28-11-1-2-17-14-18(5-9-21(17)28)24(29)27-20-8-10-22-23(15-20)32-13-12-31-22/h3-10,14-15H,1-2,11-13H2,(H,27,29). The maximum atomic E-state index is 13.2. The third kappa shape index (κ3) is 3.89. The van der Waals surface area contributed by atoms with Crippen LogP contribution in [0.15, 0.2) is 60.7 Å². The van der Waals surface area contributed by atoms with Gasteiger partial charge in [0, 0.05) is 35.1 Å². The van der Waals surface area contributed by atoms with Crippen molar-refractivity contribution >= 4 is 23.2 Å². The Hall–Kier alpha value is -3.87. The number of carbonyl (C=O) groups is 2. The molecule has 0 unspecified atom stereocenters. The summed E-state index contributed by atoms with van der Waals surface area (Å²) >= 11 is 0. The maximum Gasteiger partial charge on any atom is 0.258 e. The lowest BCUT2D eigenvalue weighted by Gasteiger charge is -2.30. The normalized spacial score (nSPS) is 14.5. The van der Waals surface area contributed by atoms with Crippen LogP contribution in [0.3, 0.4) is 0 Å². The Morgan fingerprint density at radius 3 is 2.44 bits per heavy atom. The molecule has 0 fully saturated rings. The van der Waals surface area contributed by atoms with Gasteiger partial charge in [-0.05, 0) is 73.0 Å². The second-order valence-corrected chi connectivity index (χ2v) is 7.72. The molecular weight excluding hydrogens is 411 g/mol. The minimum absolute atomic E-state index is 0.181. The Kier molecular flexibility index (Phi) is 5.23. The summed E-state index contributed by atoms with van der Waals surface area (Å²) in [5.41, 5.74) is 3.27. The van der Waals surface area contributed by atoms with Crippen LogP contribution in [0.5, 0.6) is 11.5 Å². The van der Waals surface area contributed by atoms with Crippen molar-refractivity contribution in [3.63, 3.8) is 0 Å². The SMILES string of the molecule is O=C(Nc1ccc2c(c1)OCCO2)c1ccc2c(c1)CCCN2C(=O)c1ccc(F)cc1. The minimum Gasteiger partial charge on any atom is -0.486 e. The fourth-order valence-electron chi connectivity index (χ4n) is 4.02. The number of hydrogen-bond acceptors (Lipinski definition) is 4. The van der Waals surface area contributed by atoms with Crippen LogP contribution in [0.2, 0.25) is 0 Å². The Bertz CT molecular complexity index is 1190. The number of halogens is 1. The highest BCUT2D eigenvalue weighted by molar-refractivity contribution is 6.08. The first-order valence-electron chi connectivity index (χ1n) is 10.5. The number of nitrogens with one attached hydrogen (secondary N) is 1. The summed E-state index contributed by atoms with van der Waals surface area (Å²) in [6.07, 6.45) is 1.56. The van der Waals surface area contributed by atoms with Gasteiger partial charge in [0.2, 0.25) is 0 Å². The quantitative estimate of drug-likeness (QED) is 0.664. The Morgan fingerprint density at radius 1 is 0.875 bits per heavy atom. The Labute approximate surface area is 184 Å². The van der Waals surface area contributed by atoms with Crippen LogP contribution >= 0.6 is 0 Å². The number of anilines is 2. The molecule has 6 nitrogen and oxygen atoms in total. The van der Waals surface area contributed by atoms with Gasteiger partial charge < -0.3 is 19.7 Å². The fraction of sp³-hybridized carbons (Fsp3) is 0.200. The third-order valence-electron chi connectivity index (χ3n) is 5.60. The van der Waals surface area contributed by atoms with E-state index in [-0.39, 0.29) is 17.6 Å². The van der Waals surface area contributed by atoms with Crippen LogP contribution in [0.1, 0.15) is 32.7 Å². The number of ether oxygens (including phenoxy) is 2. The molecule has 0 saturated carbocycles. The lowest BCUT2D eigenvalue weighted by Crippen LogP contribution is -2.35. The predicted molar refractivity (Wildman–Crippen MR) is 118 cm³/mol. The molecule has 0 saturated heterocycles. The molecule has 1 N–H and O–H groups in total. The minimum atomic E-state index is -0.380. The van der Waals surface area contributed by atoms with Crippen molar-refractivity contribution in [1.82, 2.24) is 0 Å². The molecule has 3 aromatic rings. The highest BCUT2D eigenvalue weighted by Gasteiger charge is 2.24. The molecule has 5 rings (SSSR count). The first-order chi connectivity index (χ1) is 15.6. The molecule has 7 heteroatoms. The van der Waals surface area contributed by atoms with Gasteiger partial charge in [-0.15, -0.1) is 0 Å². The zero-order valence-corrected chi connectivity index (χ0v) is 17.3. The summed E-state index contributed by atoms with van der Waals surface area (Å²) in [7, 11) is 0. The number of hydrogen-bond donors (Lipinski definition) is 1. The smallest absolute Gasteiger partial charge is 0.258 e. The van der Waals surface area contributed by atoms with Crippen molar-refractivity contribution in [2.75, 3.05) is 30.0 Å². The second-order valence-electron chi connectivity index (χ2n) is 7.72.